The summed E-state index contributed by atoms with van der Waals surface area (Å²) in [5, 5.41) is 2.49. The van der Waals surface area contributed by atoms with Crippen LogP contribution in [0.1, 0.15) is 30.7 Å². The molecule has 5 heteroatoms. The molecule has 1 N–H and O–H groups in total. The number of rotatable bonds is 1. The number of carbonyl (C=O) groups is 2. The number of piperidine rings is 1. The normalized spacial score (nSPS) is 25.6. The standard InChI is InChI=1S/C15H16BrNO3/c16-11-4-2-1-3-10(11)13-14(19)17-12(18)9-15(13)5-7-20-8-6-15/h1-4,13H,5-9H2,(H,17,18,19). The molecule has 0 aromatic heterocycles. The van der Waals surface area contributed by atoms with Crippen molar-refractivity contribution in [1.29, 1.82) is 0 Å². The van der Waals surface area contributed by atoms with Gasteiger partial charge in [0.2, 0.25) is 11.8 Å². The van der Waals surface area contributed by atoms with Gasteiger partial charge in [-0.1, -0.05) is 34.1 Å². The predicted molar refractivity (Wildman–Crippen MR) is 77.1 cm³/mol. The summed E-state index contributed by atoms with van der Waals surface area (Å²) >= 11 is 3.53. The Morgan fingerprint density at radius 3 is 2.60 bits per heavy atom. The number of hydrogen-bond acceptors (Lipinski definition) is 3. The molecule has 0 radical (unpaired) electrons. The molecular formula is C15H16BrNO3. The van der Waals surface area contributed by atoms with Gasteiger partial charge in [-0.05, 0) is 29.9 Å². The van der Waals surface area contributed by atoms with E-state index in [0.717, 1.165) is 22.9 Å². The van der Waals surface area contributed by atoms with Gasteiger partial charge >= 0.3 is 0 Å². The molecule has 2 amide bonds. The van der Waals surface area contributed by atoms with E-state index in [-0.39, 0.29) is 23.1 Å². The van der Waals surface area contributed by atoms with Crippen molar-refractivity contribution >= 4 is 27.7 Å². The molecule has 2 aliphatic heterocycles. The third kappa shape index (κ3) is 2.29. The van der Waals surface area contributed by atoms with Crippen molar-refractivity contribution in [3.8, 4) is 0 Å². The molecule has 2 aliphatic rings. The molecule has 1 spiro atoms. The first-order chi connectivity index (χ1) is 9.62. The number of ether oxygens (including phenoxy) is 1. The lowest BCUT2D eigenvalue weighted by Crippen LogP contribution is -2.52. The van der Waals surface area contributed by atoms with E-state index < -0.39 is 0 Å². The maximum absolute atomic E-state index is 12.4. The lowest BCUT2D eigenvalue weighted by atomic mass is 9.63. The van der Waals surface area contributed by atoms with E-state index in [4.69, 9.17) is 4.74 Å². The van der Waals surface area contributed by atoms with Crippen molar-refractivity contribution in [1.82, 2.24) is 5.32 Å². The van der Waals surface area contributed by atoms with Gasteiger partial charge in [0.1, 0.15) is 0 Å². The van der Waals surface area contributed by atoms with Crippen LogP contribution in [0.3, 0.4) is 0 Å². The van der Waals surface area contributed by atoms with Gasteiger partial charge in [-0.3, -0.25) is 14.9 Å². The number of halogens is 1. The Morgan fingerprint density at radius 1 is 1.20 bits per heavy atom. The molecule has 1 unspecified atom stereocenters. The maximum atomic E-state index is 12.4. The van der Waals surface area contributed by atoms with Crippen LogP contribution in [0.4, 0.5) is 0 Å². The Morgan fingerprint density at radius 2 is 1.90 bits per heavy atom. The zero-order chi connectivity index (χ0) is 14.2. The van der Waals surface area contributed by atoms with Crippen molar-refractivity contribution < 1.29 is 14.3 Å². The highest BCUT2D eigenvalue weighted by atomic mass is 79.9. The summed E-state index contributed by atoms with van der Waals surface area (Å²) in [4.78, 5) is 24.3. The summed E-state index contributed by atoms with van der Waals surface area (Å²) in [5.41, 5.74) is 0.654. The summed E-state index contributed by atoms with van der Waals surface area (Å²) in [6.07, 6.45) is 1.89. The first-order valence-electron chi connectivity index (χ1n) is 6.78. The molecule has 1 aromatic carbocycles. The first kappa shape index (κ1) is 13.8. The van der Waals surface area contributed by atoms with Crippen molar-refractivity contribution in [2.45, 2.75) is 25.2 Å². The molecule has 0 saturated carbocycles. The molecule has 1 aromatic rings. The van der Waals surface area contributed by atoms with Crippen LogP contribution in [0.25, 0.3) is 0 Å². The molecule has 4 nitrogen and oxygen atoms in total. The van der Waals surface area contributed by atoms with Crippen LogP contribution >= 0.6 is 15.9 Å². The van der Waals surface area contributed by atoms with E-state index in [1.807, 2.05) is 24.3 Å². The fourth-order valence-electron chi connectivity index (χ4n) is 3.38. The third-order valence-electron chi connectivity index (χ3n) is 4.35. The van der Waals surface area contributed by atoms with Gasteiger partial charge in [0, 0.05) is 24.1 Å². The van der Waals surface area contributed by atoms with Crippen LogP contribution in [-0.2, 0) is 14.3 Å². The fraction of sp³-hybridized carbons (Fsp3) is 0.467. The molecule has 2 saturated heterocycles. The maximum Gasteiger partial charge on any atom is 0.234 e. The summed E-state index contributed by atoms with van der Waals surface area (Å²) in [5.74, 6) is -0.644. The molecular weight excluding hydrogens is 322 g/mol. The SMILES string of the molecule is O=C1CC2(CCOCC2)C(c2ccccc2Br)C(=O)N1. The highest BCUT2D eigenvalue weighted by molar-refractivity contribution is 9.10. The monoisotopic (exact) mass is 337 g/mol. The van der Waals surface area contributed by atoms with Crippen molar-refractivity contribution in [2.75, 3.05) is 13.2 Å². The molecule has 3 rings (SSSR count). The predicted octanol–water partition coefficient (Wildman–Crippen LogP) is 2.38. The number of benzene rings is 1. The van der Waals surface area contributed by atoms with Gasteiger partial charge in [0.15, 0.2) is 0 Å². The second kappa shape index (κ2) is 5.30. The number of imide groups is 1. The topological polar surface area (TPSA) is 55.4 Å². The summed E-state index contributed by atoms with van der Waals surface area (Å²) in [6, 6.07) is 7.75. The lowest BCUT2D eigenvalue weighted by molar-refractivity contribution is -0.143. The van der Waals surface area contributed by atoms with Gasteiger partial charge in [0.25, 0.3) is 0 Å². The largest absolute Gasteiger partial charge is 0.381 e. The second-order valence-corrected chi connectivity index (χ2v) is 6.37. The summed E-state index contributed by atoms with van der Waals surface area (Å²) in [6.45, 7) is 1.23. The van der Waals surface area contributed by atoms with E-state index in [0.29, 0.717) is 19.6 Å². The van der Waals surface area contributed by atoms with E-state index >= 15 is 0 Å². The number of hydrogen-bond donors (Lipinski definition) is 1. The van der Waals surface area contributed by atoms with E-state index in [1.165, 1.54) is 0 Å². The minimum Gasteiger partial charge on any atom is -0.381 e. The lowest BCUT2D eigenvalue weighted by Gasteiger charge is -2.45. The zero-order valence-corrected chi connectivity index (χ0v) is 12.6. The average molecular weight is 338 g/mol. The molecule has 0 bridgehead atoms. The average Bonchev–Trinajstić information content (AvgIpc) is 2.41. The van der Waals surface area contributed by atoms with Crippen LogP contribution < -0.4 is 5.32 Å². The molecule has 2 fully saturated rings. The third-order valence-corrected chi connectivity index (χ3v) is 5.08. The summed E-state index contributed by atoms with van der Waals surface area (Å²) < 4.78 is 6.34. The van der Waals surface area contributed by atoms with Crippen molar-refractivity contribution in [2.24, 2.45) is 5.41 Å². The Bertz CT molecular complexity index is 552. The molecule has 1 atom stereocenters. The Kier molecular flexibility index (Phi) is 3.65. The van der Waals surface area contributed by atoms with Crippen LogP contribution in [0.2, 0.25) is 0 Å². The number of nitrogens with one attached hydrogen (secondary N) is 1. The smallest absolute Gasteiger partial charge is 0.234 e. The van der Waals surface area contributed by atoms with E-state index in [1.54, 1.807) is 0 Å². The van der Waals surface area contributed by atoms with Gasteiger partial charge in [-0.2, -0.15) is 0 Å². The van der Waals surface area contributed by atoms with Gasteiger partial charge in [0.05, 0.1) is 5.92 Å². The van der Waals surface area contributed by atoms with E-state index in [9.17, 15) is 9.59 Å². The molecule has 2 heterocycles. The number of carbonyl (C=O) groups excluding carboxylic acids is 2. The Hall–Kier alpha value is -1.20. The summed E-state index contributed by atoms with van der Waals surface area (Å²) in [7, 11) is 0. The Labute approximate surface area is 126 Å². The van der Waals surface area contributed by atoms with Gasteiger partial charge < -0.3 is 4.74 Å². The molecule has 106 valence electrons. The van der Waals surface area contributed by atoms with Crippen LogP contribution in [0.15, 0.2) is 28.7 Å². The van der Waals surface area contributed by atoms with Crippen LogP contribution in [0, 0.1) is 5.41 Å². The zero-order valence-electron chi connectivity index (χ0n) is 11.0. The van der Waals surface area contributed by atoms with Crippen LogP contribution in [0.5, 0.6) is 0 Å². The quantitative estimate of drug-likeness (QED) is 0.800. The van der Waals surface area contributed by atoms with Gasteiger partial charge in [-0.15, -0.1) is 0 Å². The minimum atomic E-state index is -0.304. The fourth-order valence-corrected chi connectivity index (χ4v) is 3.89. The van der Waals surface area contributed by atoms with E-state index in [2.05, 4.69) is 21.2 Å². The van der Waals surface area contributed by atoms with Gasteiger partial charge in [-0.25, -0.2) is 0 Å². The second-order valence-electron chi connectivity index (χ2n) is 5.52. The molecule has 20 heavy (non-hydrogen) atoms. The van der Waals surface area contributed by atoms with Crippen molar-refractivity contribution in [3.63, 3.8) is 0 Å². The van der Waals surface area contributed by atoms with Crippen molar-refractivity contribution in [3.05, 3.63) is 34.3 Å². The minimum absolute atomic E-state index is 0.166. The highest BCUT2D eigenvalue weighted by Crippen LogP contribution is 2.50. The molecule has 0 aliphatic carbocycles. The Balaban J connectivity index is 2.06. The number of amides is 2. The first-order valence-corrected chi connectivity index (χ1v) is 7.58. The van der Waals surface area contributed by atoms with Crippen LogP contribution in [-0.4, -0.2) is 25.0 Å². The highest BCUT2D eigenvalue weighted by Gasteiger charge is 2.50.